The Morgan fingerprint density at radius 3 is 2.21 bits per heavy atom. The molecule has 0 aliphatic carbocycles. The molecule has 0 atom stereocenters. The molecule has 1 heteroatoms. The highest BCUT2D eigenvalue weighted by atomic mass is 14.2. The van der Waals surface area contributed by atoms with Gasteiger partial charge in [0.15, 0.2) is 0 Å². The molecule has 1 nitrogen and oxygen atoms in total. The molecule has 0 saturated heterocycles. The number of rotatable bonds is 1. The summed E-state index contributed by atoms with van der Waals surface area (Å²) in [4.78, 5) is 0. The van der Waals surface area contributed by atoms with Crippen LogP contribution in [0.3, 0.4) is 0 Å². The predicted molar refractivity (Wildman–Crippen MR) is 61.3 cm³/mol. The second-order valence-electron chi connectivity index (χ2n) is 3.34. The molecule has 0 bridgehead atoms. The minimum absolute atomic E-state index is 0.498. The first-order valence-electron chi connectivity index (χ1n) is 5.16. The highest BCUT2D eigenvalue weighted by Gasteiger charge is 2.03. The number of hydrogen-bond donors (Lipinski definition) is 0. The van der Waals surface area contributed by atoms with Crippen LogP contribution in [0, 0.1) is 18.3 Å². The Morgan fingerprint density at radius 2 is 1.79 bits per heavy atom. The van der Waals surface area contributed by atoms with Crippen molar-refractivity contribution in [3.8, 4) is 6.07 Å². The van der Waals surface area contributed by atoms with Crippen LogP contribution in [0.25, 0.3) is 0 Å². The summed E-state index contributed by atoms with van der Waals surface area (Å²) in [5.41, 5.74) is 3.29. The fraction of sp³-hybridized carbons (Fsp3) is 0.462. The normalized spacial score (nSPS) is 8.93. The molecule has 76 valence electrons. The lowest BCUT2D eigenvalue weighted by Crippen LogP contribution is -1.92. The third-order valence-electron chi connectivity index (χ3n) is 2.03. The van der Waals surface area contributed by atoms with E-state index in [9.17, 15) is 0 Å². The molecule has 1 aromatic carbocycles. The molecule has 14 heavy (non-hydrogen) atoms. The SMILES string of the molecule is CC.Cc1ccc(C#N)cc1C(C)C. The zero-order chi connectivity index (χ0) is 11.1. The lowest BCUT2D eigenvalue weighted by atomic mass is 9.96. The second kappa shape index (κ2) is 6.21. The minimum atomic E-state index is 0.498. The van der Waals surface area contributed by atoms with Gasteiger partial charge in [-0.05, 0) is 36.1 Å². The molecule has 0 unspecified atom stereocenters. The van der Waals surface area contributed by atoms with Crippen LogP contribution in [-0.4, -0.2) is 0 Å². The van der Waals surface area contributed by atoms with Gasteiger partial charge in [-0.25, -0.2) is 0 Å². The van der Waals surface area contributed by atoms with E-state index in [4.69, 9.17) is 5.26 Å². The Hall–Kier alpha value is -1.29. The molecule has 0 radical (unpaired) electrons. The average molecular weight is 189 g/mol. The van der Waals surface area contributed by atoms with Gasteiger partial charge in [-0.2, -0.15) is 5.26 Å². The molecule has 0 aliphatic heterocycles. The van der Waals surface area contributed by atoms with Crippen LogP contribution in [0.15, 0.2) is 18.2 Å². The van der Waals surface area contributed by atoms with Crippen LogP contribution in [0.5, 0.6) is 0 Å². The molecule has 1 aromatic rings. The summed E-state index contributed by atoms with van der Waals surface area (Å²) in [6.07, 6.45) is 0. The zero-order valence-electron chi connectivity index (χ0n) is 9.76. The quantitative estimate of drug-likeness (QED) is 0.654. The van der Waals surface area contributed by atoms with E-state index in [-0.39, 0.29) is 0 Å². The van der Waals surface area contributed by atoms with Gasteiger partial charge >= 0.3 is 0 Å². The summed E-state index contributed by atoms with van der Waals surface area (Å²) in [5.74, 6) is 0.498. The van der Waals surface area contributed by atoms with Crippen LogP contribution in [0.4, 0.5) is 0 Å². The largest absolute Gasteiger partial charge is 0.192 e. The molecule has 0 aliphatic rings. The molecular formula is C13H19N. The smallest absolute Gasteiger partial charge is 0.0991 e. The van der Waals surface area contributed by atoms with Crippen molar-refractivity contribution in [2.75, 3.05) is 0 Å². The van der Waals surface area contributed by atoms with Crippen LogP contribution < -0.4 is 0 Å². The van der Waals surface area contributed by atoms with E-state index in [2.05, 4.69) is 26.8 Å². The fourth-order valence-electron chi connectivity index (χ4n) is 1.33. The average Bonchev–Trinajstić information content (AvgIpc) is 2.21. The van der Waals surface area contributed by atoms with Gasteiger partial charge in [0.2, 0.25) is 0 Å². The third-order valence-corrected chi connectivity index (χ3v) is 2.03. The Morgan fingerprint density at radius 1 is 1.21 bits per heavy atom. The van der Waals surface area contributed by atoms with Gasteiger partial charge in [-0.15, -0.1) is 0 Å². The van der Waals surface area contributed by atoms with E-state index in [1.54, 1.807) is 0 Å². The Bertz CT molecular complexity index is 318. The van der Waals surface area contributed by atoms with Crippen molar-refractivity contribution in [2.45, 2.75) is 40.5 Å². The van der Waals surface area contributed by atoms with Crippen molar-refractivity contribution in [3.63, 3.8) is 0 Å². The maximum absolute atomic E-state index is 8.68. The summed E-state index contributed by atoms with van der Waals surface area (Å²) in [6, 6.07) is 7.99. The van der Waals surface area contributed by atoms with Crippen LogP contribution >= 0.6 is 0 Å². The van der Waals surface area contributed by atoms with Gasteiger partial charge in [0.25, 0.3) is 0 Å². The third kappa shape index (κ3) is 3.22. The van der Waals surface area contributed by atoms with Gasteiger partial charge < -0.3 is 0 Å². The number of benzene rings is 1. The topological polar surface area (TPSA) is 23.8 Å². The fourth-order valence-corrected chi connectivity index (χ4v) is 1.33. The highest BCUT2D eigenvalue weighted by molar-refractivity contribution is 5.38. The standard InChI is InChI=1S/C11H13N.C2H6/c1-8(2)11-6-10(7-12)5-4-9(11)3;1-2/h4-6,8H,1-3H3;1-2H3. The first-order valence-corrected chi connectivity index (χ1v) is 5.16. The predicted octanol–water partition coefficient (Wildman–Crippen LogP) is 4.02. The Kier molecular flexibility index (Phi) is 5.64. The second-order valence-corrected chi connectivity index (χ2v) is 3.34. The van der Waals surface area contributed by atoms with Gasteiger partial charge in [0, 0.05) is 0 Å². The molecule has 0 heterocycles. The first kappa shape index (κ1) is 12.7. The van der Waals surface area contributed by atoms with Crippen molar-refractivity contribution >= 4 is 0 Å². The molecule has 0 N–H and O–H groups in total. The molecule has 0 saturated carbocycles. The van der Waals surface area contributed by atoms with E-state index in [0.29, 0.717) is 5.92 Å². The summed E-state index contributed by atoms with van der Waals surface area (Å²) in [5, 5.41) is 8.68. The van der Waals surface area contributed by atoms with Gasteiger partial charge in [-0.1, -0.05) is 33.8 Å². The van der Waals surface area contributed by atoms with E-state index in [1.807, 2.05) is 32.0 Å². The lowest BCUT2D eigenvalue weighted by Gasteiger charge is -2.08. The lowest BCUT2D eigenvalue weighted by molar-refractivity contribution is 0.856. The van der Waals surface area contributed by atoms with Gasteiger partial charge in [-0.3, -0.25) is 0 Å². The van der Waals surface area contributed by atoms with E-state index in [1.165, 1.54) is 11.1 Å². The number of hydrogen-bond acceptors (Lipinski definition) is 1. The molecule has 1 rings (SSSR count). The molecule has 0 spiro atoms. The number of nitriles is 1. The van der Waals surface area contributed by atoms with E-state index >= 15 is 0 Å². The maximum Gasteiger partial charge on any atom is 0.0991 e. The minimum Gasteiger partial charge on any atom is -0.192 e. The number of aryl methyl sites for hydroxylation is 1. The van der Waals surface area contributed by atoms with Crippen molar-refractivity contribution in [1.82, 2.24) is 0 Å². The summed E-state index contributed by atoms with van der Waals surface area (Å²) >= 11 is 0. The highest BCUT2D eigenvalue weighted by Crippen LogP contribution is 2.19. The Labute approximate surface area is 87.4 Å². The van der Waals surface area contributed by atoms with Crippen LogP contribution in [0.2, 0.25) is 0 Å². The number of nitrogens with zero attached hydrogens (tertiary/aromatic N) is 1. The summed E-state index contributed by atoms with van der Waals surface area (Å²) in [7, 11) is 0. The Balaban J connectivity index is 0.000000791. The summed E-state index contributed by atoms with van der Waals surface area (Å²) < 4.78 is 0. The van der Waals surface area contributed by atoms with Crippen molar-refractivity contribution < 1.29 is 0 Å². The van der Waals surface area contributed by atoms with Crippen molar-refractivity contribution in [3.05, 3.63) is 34.9 Å². The van der Waals surface area contributed by atoms with Gasteiger partial charge in [0.1, 0.15) is 0 Å². The zero-order valence-corrected chi connectivity index (χ0v) is 9.76. The monoisotopic (exact) mass is 189 g/mol. The summed E-state index contributed by atoms with van der Waals surface area (Å²) in [6.45, 7) is 10.4. The van der Waals surface area contributed by atoms with E-state index < -0.39 is 0 Å². The van der Waals surface area contributed by atoms with Gasteiger partial charge in [0.05, 0.1) is 11.6 Å². The molecular weight excluding hydrogens is 170 g/mol. The molecule has 0 aromatic heterocycles. The molecule has 0 amide bonds. The molecule has 0 fully saturated rings. The van der Waals surface area contributed by atoms with Crippen LogP contribution in [-0.2, 0) is 0 Å². The van der Waals surface area contributed by atoms with Crippen molar-refractivity contribution in [2.24, 2.45) is 0 Å². The van der Waals surface area contributed by atoms with Crippen LogP contribution in [0.1, 0.15) is 50.3 Å². The maximum atomic E-state index is 8.68. The van der Waals surface area contributed by atoms with E-state index in [0.717, 1.165) is 5.56 Å². The van der Waals surface area contributed by atoms with Crippen molar-refractivity contribution in [1.29, 1.82) is 5.26 Å². The first-order chi connectivity index (χ1) is 6.65.